The van der Waals surface area contributed by atoms with E-state index in [0.717, 1.165) is 36.7 Å². The van der Waals surface area contributed by atoms with Gasteiger partial charge in [-0.25, -0.2) is 8.42 Å². The number of halogens is 2. The number of hydrogen-bond donors (Lipinski definition) is 1. The first-order chi connectivity index (χ1) is 16.2. The predicted octanol–water partition coefficient (Wildman–Crippen LogP) is 4.50. The molecule has 10 heteroatoms. The van der Waals surface area contributed by atoms with Crippen molar-refractivity contribution in [1.82, 2.24) is 14.8 Å². The van der Waals surface area contributed by atoms with Crippen LogP contribution in [-0.4, -0.2) is 44.1 Å². The molecule has 0 radical (unpaired) electrons. The van der Waals surface area contributed by atoms with E-state index in [1.54, 1.807) is 6.07 Å². The molecule has 1 N–H and O–H groups in total. The van der Waals surface area contributed by atoms with Gasteiger partial charge in [-0.05, 0) is 43.7 Å². The second-order valence-electron chi connectivity index (χ2n) is 8.88. The monoisotopic (exact) mass is 520 g/mol. The van der Waals surface area contributed by atoms with Crippen molar-refractivity contribution >= 4 is 38.9 Å². The number of anilines is 1. The Kier molecular flexibility index (Phi) is 6.37. The van der Waals surface area contributed by atoms with Gasteiger partial charge in [-0.2, -0.15) is 4.31 Å². The number of hydrogen-bond acceptors (Lipinski definition) is 6. The Hall–Kier alpha value is -2.10. The average Bonchev–Trinajstić information content (AvgIpc) is 3.24. The number of benzene rings is 2. The smallest absolute Gasteiger partial charge is 0.244 e. The maximum Gasteiger partial charge on any atom is 0.244 e. The zero-order valence-corrected chi connectivity index (χ0v) is 21.3. The van der Waals surface area contributed by atoms with E-state index in [2.05, 4.69) is 47.4 Å². The lowest BCUT2D eigenvalue weighted by Gasteiger charge is -2.36. The molecule has 2 aliphatic heterocycles. The quantitative estimate of drug-likeness (QED) is 0.545. The zero-order chi connectivity index (χ0) is 24.0. The summed E-state index contributed by atoms with van der Waals surface area (Å²) in [5.41, 5.74) is 5.27. The summed E-state index contributed by atoms with van der Waals surface area (Å²) in [7, 11) is -3.83. The summed E-state index contributed by atoms with van der Waals surface area (Å²) >= 11 is 12.3. The molecule has 7 nitrogen and oxygen atoms in total. The van der Waals surface area contributed by atoms with Crippen LogP contribution in [0.3, 0.4) is 0 Å². The number of rotatable bonds is 4. The standard InChI is InChI=1S/C24H26Cl2N4O3S/c1-15-3-6-21(16(2)11-15)29-10-8-27-20(14-29)24-18-13-30(9-7-22(18)33-28-24)34(31,32)23-12-17(25)4-5-19(23)26/h3-6,11-12,20,27H,7-10,13-14H2,1-2H3. The van der Waals surface area contributed by atoms with Gasteiger partial charge in [0.15, 0.2) is 0 Å². The summed E-state index contributed by atoms with van der Waals surface area (Å²) in [5.74, 6) is 0.740. The third kappa shape index (κ3) is 4.33. The third-order valence-corrected chi connectivity index (χ3v) is 9.09. The topological polar surface area (TPSA) is 78.7 Å². The van der Waals surface area contributed by atoms with Crippen LogP contribution < -0.4 is 10.2 Å². The number of fused-ring (bicyclic) bond motifs is 1. The van der Waals surface area contributed by atoms with Gasteiger partial charge in [-0.3, -0.25) is 0 Å². The van der Waals surface area contributed by atoms with Gasteiger partial charge in [-0.15, -0.1) is 0 Å². The lowest BCUT2D eigenvalue weighted by molar-refractivity contribution is 0.328. The molecule has 0 spiro atoms. The Morgan fingerprint density at radius 3 is 2.74 bits per heavy atom. The van der Waals surface area contributed by atoms with Gasteiger partial charge in [0.25, 0.3) is 0 Å². The van der Waals surface area contributed by atoms with E-state index < -0.39 is 10.0 Å². The van der Waals surface area contributed by atoms with Gasteiger partial charge in [0.05, 0.1) is 11.1 Å². The Labute approximate surface area is 209 Å². The van der Waals surface area contributed by atoms with Crippen LogP contribution in [0.5, 0.6) is 0 Å². The molecule has 180 valence electrons. The van der Waals surface area contributed by atoms with Crippen LogP contribution >= 0.6 is 23.2 Å². The van der Waals surface area contributed by atoms with Crippen LogP contribution in [0.2, 0.25) is 10.0 Å². The third-order valence-electron chi connectivity index (χ3n) is 6.53. The summed E-state index contributed by atoms with van der Waals surface area (Å²) in [6.45, 7) is 7.08. The van der Waals surface area contributed by atoms with Gasteiger partial charge >= 0.3 is 0 Å². The minimum absolute atomic E-state index is 0.0138. The van der Waals surface area contributed by atoms with Crippen molar-refractivity contribution in [1.29, 1.82) is 0 Å². The lowest BCUT2D eigenvalue weighted by Crippen LogP contribution is -2.47. The minimum atomic E-state index is -3.83. The lowest BCUT2D eigenvalue weighted by atomic mass is 10.0. The van der Waals surface area contributed by atoms with Gasteiger partial charge in [-0.1, -0.05) is 46.1 Å². The van der Waals surface area contributed by atoms with E-state index in [9.17, 15) is 8.42 Å². The zero-order valence-electron chi connectivity index (χ0n) is 19.0. The van der Waals surface area contributed by atoms with Gasteiger partial charge < -0.3 is 14.7 Å². The minimum Gasteiger partial charge on any atom is -0.368 e. The Balaban J connectivity index is 1.41. The molecule has 1 fully saturated rings. The molecule has 1 unspecified atom stereocenters. The van der Waals surface area contributed by atoms with Gasteiger partial charge in [0.1, 0.15) is 16.3 Å². The molecule has 3 aromatic rings. The molecule has 0 bridgehead atoms. The highest BCUT2D eigenvalue weighted by atomic mass is 35.5. The average molecular weight is 521 g/mol. The molecule has 1 saturated heterocycles. The van der Waals surface area contributed by atoms with Crippen molar-refractivity contribution in [3.63, 3.8) is 0 Å². The van der Waals surface area contributed by atoms with Crippen LogP contribution in [0.15, 0.2) is 45.8 Å². The number of aryl methyl sites for hydroxylation is 2. The molecule has 1 atom stereocenters. The summed E-state index contributed by atoms with van der Waals surface area (Å²) in [5, 5.41) is 8.38. The Bertz CT molecular complexity index is 1340. The van der Waals surface area contributed by atoms with Crippen molar-refractivity contribution in [2.24, 2.45) is 0 Å². The molecule has 0 aliphatic carbocycles. The van der Waals surface area contributed by atoms with Crippen molar-refractivity contribution in [3.05, 3.63) is 74.6 Å². The number of nitrogens with one attached hydrogen (secondary N) is 1. The highest BCUT2D eigenvalue weighted by molar-refractivity contribution is 7.89. The molecule has 3 heterocycles. The largest absolute Gasteiger partial charge is 0.368 e. The van der Waals surface area contributed by atoms with E-state index in [1.807, 2.05) is 0 Å². The molecular weight excluding hydrogens is 495 g/mol. The Morgan fingerprint density at radius 1 is 1.12 bits per heavy atom. The molecule has 1 aromatic heterocycles. The highest BCUT2D eigenvalue weighted by Crippen LogP contribution is 2.34. The summed E-state index contributed by atoms with van der Waals surface area (Å²) in [4.78, 5) is 2.36. The molecule has 34 heavy (non-hydrogen) atoms. The van der Waals surface area contributed by atoms with E-state index in [4.69, 9.17) is 27.7 Å². The summed E-state index contributed by atoms with van der Waals surface area (Å²) in [6.07, 6.45) is 0.452. The molecule has 0 amide bonds. The van der Waals surface area contributed by atoms with E-state index >= 15 is 0 Å². The number of nitrogens with zero attached hydrogens (tertiary/aromatic N) is 3. The predicted molar refractivity (Wildman–Crippen MR) is 133 cm³/mol. The summed E-state index contributed by atoms with van der Waals surface area (Å²) < 4.78 is 33.9. The normalized spacial score (nSPS) is 19.3. The van der Waals surface area contributed by atoms with Crippen LogP contribution in [0.1, 0.15) is 34.2 Å². The number of piperazine rings is 1. The second kappa shape index (κ2) is 9.17. The number of sulfonamides is 1. The fraction of sp³-hybridized carbons (Fsp3) is 0.375. The summed E-state index contributed by atoms with van der Waals surface area (Å²) in [6, 6.07) is 10.9. The van der Waals surface area contributed by atoms with E-state index in [-0.39, 0.29) is 22.5 Å². The van der Waals surface area contributed by atoms with E-state index in [0.29, 0.717) is 18.0 Å². The van der Waals surface area contributed by atoms with Crippen molar-refractivity contribution in [2.75, 3.05) is 31.1 Å². The SMILES string of the molecule is Cc1ccc(N2CCNC(c3noc4c3CN(S(=O)(=O)c3cc(Cl)ccc3Cl)CC4)C2)c(C)c1. The van der Waals surface area contributed by atoms with Crippen LogP contribution in [0.4, 0.5) is 5.69 Å². The van der Waals surface area contributed by atoms with Crippen molar-refractivity contribution in [2.45, 2.75) is 37.8 Å². The maximum absolute atomic E-state index is 13.4. The van der Waals surface area contributed by atoms with Crippen LogP contribution in [-0.2, 0) is 23.0 Å². The highest BCUT2D eigenvalue weighted by Gasteiger charge is 2.36. The molecular formula is C24H26Cl2N4O3S. The van der Waals surface area contributed by atoms with Gasteiger partial charge in [0, 0.05) is 55.4 Å². The molecule has 0 saturated carbocycles. The van der Waals surface area contributed by atoms with Crippen molar-refractivity contribution < 1.29 is 12.9 Å². The molecule has 5 rings (SSSR count). The number of aromatic nitrogens is 1. The fourth-order valence-electron chi connectivity index (χ4n) is 4.81. The van der Waals surface area contributed by atoms with Gasteiger partial charge in [0.2, 0.25) is 10.0 Å². The fourth-order valence-corrected chi connectivity index (χ4v) is 6.96. The Morgan fingerprint density at radius 2 is 1.94 bits per heavy atom. The van der Waals surface area contributed by atoms with Crippen LogP contribution in [0.25, 0.3) is 0 Å². The molecule has 2 aliphatic rings. The first-order valence-electron chi connectivity index (χ1n) is 11.2. The first-order valence-corrected chi connectivity index (χ1v) is 13.4. The van der Waals surface area contributed by atoms with E-state index in [1.165, 1.54) is 33.3 Å². The second-order valence-corrected chi connectivity index (χ2v) is 11.6. The van der Waals surface area contributed by atoms with Crippen LogP contribution in [0, 0.1) is 13.8 Å². The first kappa shape index (κ1) is 23.6. The van der Waals surface area contributed by atoms with Crippen molar-refractivity contribution in [3.8, 4) is 0 Å². The maximum atomic E-state index is 13.4. The molecule has 2 aromatic carbocycles.